The summed E-state index contributed by atoms with van der Waals surface area (Å²) < 4.78 is 10.5. The maximum atomic E-state index is 12.4. The SMILES string of the molecule is CCOc1ccc(NC(=O)[C@H](C)OC(=O)CCN2C(=O)[C@H]3CCCC[C@@H]3C2=O)cc1. The van der Waals surface area contributed by atoms with Crippen molar-refractivity contribution in [3.05, 3.63) is 24.3 Å². The van der Waals surface area contributed by atoms with Crippen molar-refractivity contribution in [2.45, 2.75) is 52.1 Å². The van der Waals surface area contributed by atoms with Crippen molar-refractivity contribution in [2.24, 2.45) is 11.8 Å². The third-order valence-electron chi connectivity index (χ3n) is 5.58. The molecule has 30 heavy (non-hydrogen) atoms. The van der Waals surface area contributed by atoms with E-state index in [4.69, 9.17) is 9.47 Å². The molecule has 3 rings (SSSR count). The molecule has 3 amide bonds. The van der Waals surface area contributed by atoms with Crippen molar-refractivity contribution in [1.29, 1.82) is 0 Å². The highest BCUT2D eigenvalue weighted by Gasteiger charge is 2.47. The fourth-order valence-electron chi connectivity index (χ4n) is 4.01. The summed E-state index contributed by atoms with van der Waals surface area (Å²) in [6.07, 6.45) is 2.25. The smallest absolute Gasteiger partial charge is 0.308 e. The van der Waals surface area contributed by atoms with Gasteiger partial charge in [0.25, 0.3) is 5.91 Å². The van der Waals surface area contributed by atoms with Gasteiger partial charge in [-0.25, -0.2) is 0 Å². The fraction of sp³-hybridized carbons (Fsp3) is 0.545. The summed E-state index contributed by atoms with van der Waals surface area (Å²) in [4.78, 5) is 50.5. The third-order valence-corrected chi connectivity index (χ3v) is 5.58. The van der Waals surface area contributed by atoms with Crippen LogP contribution in [0.2, 0.25) is 0 Å². The second-order valence-electron chi connectivity index (χ2n) is 7.65. The lowest BCUT2D eigenvalue weighted by atomic mass is 9.81. The summed E-state index contributed by atoms with van der Waals surface area (Å²) in [6, 6.07) is 6.86. The van der Waals surface area contributed by atoms with Gasteiger partial charge >= 0.3 is 5.97 Å². The molecule has 1 N–H and O–H groups in total. The molecule has 1 aliphatic heterocycles. The number of hydrogen-bond acceptors (Lipinski definition) is 6. The van der Waals surface area contributed by atoms with E-state index in [-0.39, 0.29) is 36.6 Å². The molecule has 8 heteroatoms. The molecular formula is C22H28N2O6. The lowest BCUT2D eigenvalue weighted by molar-refractivity contribution is -0.154. The van der Waals surface area contributed by atoms with Gasteiger partial charge in [0.2, 0.25) is 11.8 Å². The second kappa shape index (κ2) is 9.73. The first kappa shape index (κ1) is 21.8. The Labute approximate surface area is 175 Å². The van der Waals surface area contributed by atoms with Crippen LogP contribution in [0, 0.1) is 11.8 Å². The minimum absolute atomic E-state index is 0.00324. The molecule has 0 unspecified atom stereocenters. The highest BCUT2D eigenvalue weighted by Crippen LogP contribution is 2.37. The summed E-state index contributed by atoms with van der Waals surface area (Å²) >= 11 is 0. The predicted octanol–water partition coefficient (Wildman–Crippen LogP) is 2.52. The number of nitrogens with one attached hydrogen (secondary N) is 1. The first-order chi connectivity index (χ1) is 14.4. The predicted molar refractivity (Wildman–Crippen MR) is 109 cm³/mol. The minimum atomic E-state index is -1.00. The number of anilines is 1. The van der Waals surface area contributed by atoms with E-state index in [0.717, 1.165) is 25.7 Å². The van der Waals surface area contributed by atoms with Crippen LogP contribution in [0.25, 0.3) is 0 Å². The average molecular weight is 416 g/mol. The lowest BCUT2D eigenvalue weighted by Crippen LogP contribution is -2.35. The molecule has 1 aromatic carbocycles. The Morgan fingerprint density at radius 3 is 2.27 bits per heavy atom. The Bertz CT molecular complexity index is 782. The van der Waals surface area contributed by atoms with Gasteiger partial charge in [-0.2, -0.15) is 0 Å². The van der Waals surface area contributed by atoms with E-state index in [1.165, 1.54) is 11.8 Å². The van der Waals surface area contributed by atoms with Crippen LogP contribution in [-0.4, -0.2) is 47.8 Å². The Hall–Kier alpha value is -2.90. The highest BCUT2D eigenvalue weighted by atomic mass is 16.5. The number of fused-ring (bicyclic) bond motifs is 1. The van der Waals surface area contributed by atoms with Crippen LogP contribution in [0.4, 0.5) is 5.69 Å². The Morgan fingerprint density at radius 2 is 1.70 bits per heavy atom. The van der Waals surface area contributed by atoms with Gasteiger partial charge in [-0.1, -0.05) is 12.8 Å². The number of esters is 1. The molecule has 1 saturated carbocycles. The molecule has 8 nitrogen and oxygen atoms in total. The number of likely N-dealkylation sites (tertiary alicyclic amines) is 1. The Balaban J connectivity index is 1.45. The maximum Gasteiger partial charge on any atom is 0.308 e. The summed E-state index contributed by atoms with van der Waals surface area (Å²) in [5.41, 5.74) is 0.558. The maximum absolute atomic E-state index is 12.4. The number of ether oxygens (including phenoxy) is 2. The summed E-state index contributed by atoms with van der Waals surface area (Å²) in [7, 11) is 0. The summed E-state index contributed by atoms with van der Waals surface area (Å²) in [6.45, 7) is 3.90. The number of hydrogen-bond donors (Lipinski definition) is 1. The molecule has 3 atom stereocenters. The lowest BCUT2D eigenvalue weighted by Gasteiger charge is -2.19. The van der Waals surface area contributed by atoms with Gasteiger partial charge in [0.05, 0.1) is 24.9 Å². The molecule has 1 aromatic rings. The molecule has 2 fully saturated rings. The number of nitrogens with zero attached hydrogens (tertiary/aromatic N) is 1. The molecule has 1 heterocycles. The van der Waals surface area contributed by atoms with Crippen molar-refractivity contribution in [2.75, 3.05) is 18.5 Å². The number of carbonyl (C=O) groups excluding carboxylic acids is 4. The van der Waals surface area contributed by atoms with Gasteiger partial charge in [0.15, 0.2) is 6.10 Å². The van der Waals surface area contributed by atoms with E-state index in [1.54, 1.807) is 24.3 Å². The van der Waals surface area contributed by atoms with E-state index < -0.39 is 18.0 Å². The topological polar surface area (TPSA) is 102 Å². The van der Waals surface area contributed by atoms with Gasteiger partial charge in [-0.3, -0.25) is 24.1 Å². The van der Waals surface area contributed by atoms with Crippen LogP contribution in [0.5, 0.6) is 5.75 Å². The van der Waals surface area contributed by atoms with E-state index in [9.17, 15) is 19.2 Å². The first-order valence-electron chi connectivity index (χ1n) is 10.5. The second-order valence-corrected chi connectivity index (χ2v) is 7.65. The summed E-state index contributed by atoms with van der Waals surface area (Å²) in [5.74, 6) is -1.23. The zero-order valence-electron chi connectivity index (χ0n) is 17.4. The quantitative estimate of drug-likeness (QED) is 0.516. The third kappa shape index (κ3) is 4.98. The van der Waals surface area contributed by atoms with Crippen molar-refractivity contribution in [3.8, 4) is 5.75 Å². The van der Waals surface area contributed by atoms with E-state index in [1.807, 2.05) is 6.92 Å². The summed E-state index contributed by atoms with van der Waals surface area (Å²) in [5, 5.41) is 2.67. The highest BCUT2D eigenvalue weighted by molar-refractivity contribution is 6.05. The molecule has 2 aliphatic rings. The molecule has 0 aromatic heterocycles. The zero-order valence-corrected chi connectivity index (χ0v) is 17.4. The molecule has 1 aliphatic carbocycles. The molecule has 162 valence electrons. The van der Waals surface area contributed by atoms with Gasteiger partial charge in [-0.15, -0.1) is 0 Å². The van der Waals surface area contributed by atoms with E-state index in [2.05, 4.69) is 5.32 Å². The fourth-order valence-corrected chi connectivity index (χ4v) is 4.01. The molecule has 0 radical (unpaired) electrons. The first-order valence-corrected chi connectivity index (χ1v) is 10.5. The molecule has 1 saturated heterocycles. The molecule has 0 spiro atoms. The number of rotatable bonds is 8. The Morgan fingerprint density at radius 1 is 1.10 bits per heavy atom. The van der Waals surface area contributed by atoms with Crippen molar-refractivity contribution >= 4 is 29.4 Å². The molecule has 0 bridgehead atoms. The van der Waals surface area contributed by atoms with Crippen LogP contribution in [0.15, 0.2) is 24.3 Å². The van der Waals surface area contributed by atoms with E-state index >= 15 is 0 Å². The normalized spacial score (nSPS) is 21.7. The van der Waals surface area contributed by atoms with E-state index in [0.29, 0.717) is 18.0 Å². The standard InChI is InChI=1S/C22H28N2O6/c1-3-29-16-10-8-15(9-11-16)23-20(26)14(2)30-19(25)12-13-24-21(27)17-6-4-5-7-18(17)22(24)28/h8-11,14,17-18H,3-7,12-13H2,1-2H3,(H,23,26)/t14-,17-,18-/m0/s1. The van der Waals surface area contributed by atoms with Crippen molar-refractivity contribution in [1.82, 2.24) is 4.90 Å². The van der Waals surface area contributed by atoms with Gasteiger partial charge in [0.1, 0.15) is 5.75 Å². The minimum Gasteiger partial charge on any atom is -0.494 e. The number of carbonyl (C=O) groups is 4. The van der Waals surface area contributed by atoms with Crippen molar-refractivity contribution < 1.29 is 28.7 Å². The van der Waals surface area contributed by atoms with Crippen LogP contribution in [0.1, 0.15) is 46.0 Å². The monoisotopic (exact) mass is 416 g/mol. The van der Waals surface area contributed by atoms with Crippen molar-refractivity contribution in [3.63, 3.8) is 0 Å². The Kier molecular flexibility index (Phi) is 7.07. The number of benzene rings is 1. The van der Waals surface area contributed by atoms with Gasteiger partial charge in [0, 0.05) is 12.2 Å². The number of imide groups is 1. The van der Waals surface area contributed by atoms with Crippen LogP contribution >= 0.6 is 0 Å². The van der Waals surface area contributed by atoms with Gasteiger partial charge < -0.3 is 14.8 Å². The van der Waals surface area contributed by atoms with Crippen LogP contribution in [-0.2, 0) is 23.9 Å². The van der Waals surface area contributed by atoms with Gasteiger partial charge in [-0.05, 0) is 51.0 Å². The van der Waals surface area contributed by atoms with Crippen LogP contribution < -0.4 is 10.1 Å². The average Bonchev–Trinajstić information content (AvgIpc) is 2.98. The largest absolute Gasteiger partial charge is 0.494 e. The van der Waals surface area contributed by atoms with Crippen LogP contribution in [0.3, 0.4) is 0 Å². The zero-order chi connectivity index (χ0) is 21.7. The number of amides is 3. The molecular weight excluding hydrogens is 388 g/mol.